The summed E-state index contributed by atoms with van der Waals surface area (Å²) in [4.78, 5) is 11.8. The van der Waals surface area contributed by atoms with E-state index >= 15 is 0 Å². The second kappa shape index (κ2) is 6.86. The molecule has 1 fully saturated rings. The van der Waals surface area contributed by atoms with Gasteiger partial charge in [-0.1, -0.05) is 30.5 Å². The second-order valence-electron chi connectivity index (χ2n) is 4.94. The predicted molar refractivity (Wildman–Crippen MR) is 76.8 cm³/mol. The van der Waals surface area contributed by atoms with Gasteiger partial charge in [-0.25, -0.2) is 4.39 Å². The lowest BCUT2D eigenvalue weighted by atomic mass is 9.92. The summed E-state index contributed by atoms with van der Waals surface area (Å²) in [6.07, 6.45) is 5.53. The van der Waals surface area contributed by atoms with Crippen molar-refractivity contribution in [2.45, 2.75) is 37.8 Å². The minimum Gasteiger partial charge on any atom is -0.391 e. The Bertz CT molecular complexity index is 498. The van der Waals surface area contributed by atoms with Crippen LogP contribution in [0.4, 0.5) is 4.39 Å². The fourth-order valence-corrected chi connectivity index (χ4v) is 2.57. The van der Waals surface area contributed by atoms with E-state index in [1.807, 2.05) is 0 Å². The lowest BCUT2D eigenvalue weighted by Crippen LogP contribution is -2.44. The molecule has 1 saturated carbocycles. The number of amides is 1. The van der Waals surface area contributed by atoms with Gasteiger partial charge in [0.25, 0.3) is 0 Å². The Hall–Kier alpha value is -1.39. The van der Waals surface area contributed by atoms with Crippen molar-refractivity contribution in [1.29, 1.82) is 0 Å². The van der Waals surface area contributed by atoms with Crippen molar-refractivity contribution >= 4 is 23.6 Å². The SMILES string of the molecule is O=C(/C=C/c1c(F)cccc1Cl)N[C@@H]1CCCC[C@H]1O. The van der Waals surface area contributed by atoms with E-state index in [0.717, 1.165) is 19.3 Å². The van der Waals surface area contributed by atoms with Gasteiger partial charge in [0.1, 0.15) is 5.82 Å². The van der Waals surface area contributed by atoms with E-state index in [2.05, 4.69) is 5.32 Å². The number of halogens is 2. The molecule has 1 aromatic carbocycles. The van der Waals surface area contributed by atoms with Crippen molar-refractivity contribution in [2.75, 3.05) is 0 Å². The van der Waals surface area contributed by atoms with Crippen LogP contribution in [-0.2, 0) is 4.79 Å². The zero-order chi connectivity index (χ0) is 14.5. The molecule has 0 aliphatic heterocycles. The number of rotatable bonds is 3. The molecule has 0 spiro atoms. The van der Waals surface area contributed by atoms with E-state index < -0.39 is 11.9 Å². The van der Waals surface area contributed by atoms with Crippen LogP contribution >= 0.6 is 11.6 Å². The highest BCUT2D eigenvalue weighted by molar-refractivity contribution is 6.32. The van der Waals surface area contributed by atoms with Crippen LogP contribution in [0, 0.1) is 5.82 Å². The molecule has 1 aliphatic rings. The first-order chi connectivity index (χ1) is 9.58. The highest BCUT2D eigenvalue weighted by atomic mass is 35.5. The Morgan fingerprint density at radius 3 is 2.85 bits per heavy atom. The molecule has 0 heterocycles. The molecule has 2 N–H and O–H groups in total. The molecular weight excluding hydrogens is 281 g/mol. The van der Waals surface area contributed by atoms with Crippen LogP contribution in [-0.4, -0.2) is 23.2 Å². The highest BCUT2D eigenvalue weighted by Crippen LogP contribution is 2.21. The smallest absolute Gasteiger partial charge is 0.244 e. The van der Waals surface area contributed by atoms with Crippen molar-refractivity contribution < 1.29 is 14.3 Å². The van der Waals surface area contributed by atoms with E-state index in [-0.39, 0.29) is 22.5 Å². The van der Waals surface area contributed by atoms with Gasteiger partial charge in [-0.15, -0.1) is 0 Å². The molecule has 1 amide bonds. The number of aliphatic hydroxyl groups excluding tert-OH is 1. The zero-order valence-electron chi connectivity index (χ0n) is 11.0. The first-order valence-corrected chi connectivity index (χ1v) is 7.06. The van der Waals surface area contributed by atoms with Gasteiger partial charge >= 0.3 is 0 Å². The summed E-state index contributed by atoms with van der Waals surface area (Å²) in [5.74, 6) is -0.825. The van der Waals surface area contributed by atoms with Gasteiger partial charge in [0, 0.05) is 11.6 Å². The number of hydrogen-bond acceptors (Lipinski definition) is 2. The molecule has 0 radical (unpaired) electrons. The number of aliphatic hydroxyl groups is 1. The quantitative estimate of drug-likeness (QED) is 0.843. The Morgan fingerprint density at radius 1 is 1.40 bits per heavy atom. The first-order valence-electron chi connectivity index (χ1n) is 6.68. The highest BCUT2D eigenvalue weighted by Gasteiger charge is 2.23. The topological polar surface area (TPSA) is 49.3 Å². The summed E-state index contributed by atoms with van der Waals surface area (Å²) < 4.78 is 13.5. The van der Waals surface area contributed by atoms with Gasteiger partial charge in [0.05, 0.1) is 17.2 Å². The molecule has 0 saturated heterocycles. The first kappa shape index (κ1) is 15.0. The second-order valence-corrected chi connectivity index (χ2v) is 5.34. The molecule has 0 bridgehead atoms. The molecule has 0 aromatic heterocycles. The Morgan fingerprint density at radius 2 is 2.15 bits per heavy atom. The van der Waals surface area contributed by atoms with E-state index in [4.69, 9.17) is 11.6 Å². The molecule has 1 aromatic rings. The molecular formula is C15H17ClFNO2. The minimum absolute atomic E-state index is 0.188. The number of hydrogen-bond donors (Lipinski definition) is 2. The van der Waals surface area contributed by atoms with Gasteiger partial charge in [-0.05, 0) is 31.1 Å². The summed E-state index contributed by atoms with van der Waals surface area (Å²) >= 11 is 5.87. The molecule has 108 valence electrons. The Kier molecular flexibility index (Phi) is 5.15. The van der Waals surface area contributed by atoms with Crippen LogP contribution in [0.5, 0.6) is 0 Å². The summed E-state index contributed by atoms with van der Waals surface area (Å²) in [7, 11) is 0. The van der Waals surface area contributed by atoms with Gasteiger partial charge in [-0.3, -0.25) is 4.79 Å². The molecule has 1 aliphatic carbocycles. The number of carbonyl (C=O) groups excluding carboxylic acids is 1. The number of nitrogens with one attached hydrogen (secondary N) is 1. The third kappa shape index (κ3) is 3.81. The van der Waals surface area contributed by atoms with Crippen LogP contribution < -0.4 is 5.32 Å². The monoisotopic (exact) mass is 297 g/mol. The van der Waals surface area contributed by atoms with Gasteiger partial charge in [0.15, 0.2) is 0 Å². The molecule has 2 atom stereocenters. The fourth-order valence-electron chi connectivity index (χ4n) is 2.34. The maximum atomic E-state index is 13.5. The molecule has 2 rings (SSSR count). The lowest BCUT2D eigenvalue weighted by Gasteiger charge is -2.27. The normalized spacial score (nSPS) is 22.9. The zero-order valence-corrected chi connectivity index (χ0v) is 11.7. The van der Waals surface area contributed by atoms with Crippen molar-refractivity contribution in [2.24, 2.45) is 0 Å². The fraction of sp³-hybridized carbons (Fsp3) is 0.400. The van der Waals surface area contributed by atoms with Crippen LogP contribution in [0.1, 0.15) is 31.2 Å². The van der Waals surface area contributed by atoms with Crippen LogP contribution in [0.2, 0.25) is 5.02 Å². The summed E-state index contributed by atoms with van der Waals surface area (Å²) in [5, 5.41) is 12.8. The molecule has 3 nitrogen and oxygen atoms in total. The maximum Gasteiger partial charge on any atom is 0.244 e. The lowest BCUT2D eigenvalue weighted by molar-refractivity contribution is -0.118. The molecule has 5 heteroatoms. The average Bonchev–Trinajstić information content (AvgIpc) is 2.41. The van der Waals surface area contributed by atoms with Crippen molar-refractivity contribution in [3.05, 3.63) is 40.7 Å². The third-order valence-corrected chi connectivity index (χ3v) is 3.79. The van der Waals surface area contributed by atoms with E-state index in [9.17, 15) is 14.3 Å². The largest absolute Gasteiger partial charge is 0.391 e. The Balaban J connectivity index is 1.99. The van der Waals surface area contributed by atoms with Crippen molar-refractivity contribution in [3.63, 3.8) is 0 Å². The summed E-state index contributed by atoms with van der Waals surface area (Å²) in [5.41, 5.74) is 0.188. The predicted octanol–water partition coefficient (Wildman–Crippen LogP) is 2.91. The average molecular weight is 298 g/mol. The summed E-state index contributed by atoms with van der Waals surface area (Å²) in [6, 6.07) is 4.13. The maximum absolute atomic E-state index is 13.5. The van der Waals surface area contributed by atoms with E-state index in [1.165, 1.54) is 24.3 Å². The van der Waals surface area contributed by atoms with E-state index in [1.54, 1.807) is 6.07 Å². The standard InChI is InChI=1S/C15H17ClFNO2/c16-11-4-3-5-12(17)10(11)8-9-15(20)18-13-6-1-2-7-14(13)19/h3-5,8-9,13-14,19H,1-2,6-7H2,(H,18,20)/b9-8+/t13-,14-/m1/s1. The van der Waals surface area contributed by atoms with Crippen LogP contribution in [0.15, 0.2) is 24.3 Å². The number of carbonyl (C=O) groups is 1. The molecule has 0 unspecified atom stereocenters. The minimum atomic E-state index is -0.502. The van der Waals surface area contributed by atoms with Gasteiger partial charge in [-0.2, -0.15) is 0 Å². The van der Waals surface area contributed by atoms with Crippen molar-refractivity contribution in [3.8, 4) is 0 Å². The van der Waals surface area contributed by atoms with Crippen molar-refractivity contribution in [1.82, 2.24) is 5.32 Å². The van der Waals surface area contributed by atoms with Crippen LogP contribution in [0.3, 0.4) is 0 Å². The number of benzene rings is 1. The van der Waals surface area contributed by atoms with E-state index in [0.29, 0.717) is 6.42 Å². The Labute approximate surface area is 122 Å². The third-order valence-electron chi connectivity index (χ3n) is 3.46. The van der Waals surface area contributed by atoms with Gasteiger partial charge < -0.3 is 10.4 Å². The van der Waals surface area contributed by atoms with Gasteiger partial charge in [0.2, 0.25) is 5.91 Å². The van der Waals surface area contributed by atoms with Crippen LogP contribution in [0.25, 0.3) is 6.08 Å². The summed E-state index contributed by atoms with van der Waals surface area (Å²) in [6.45, 7) is 0. The molecule has 20 heavy (non-hydrogen) atoms.